The lowest BCUT2D eigenvalue weighted by atomic mass is 9.96. The normalized spacial score (nSPS) is 18.5. The molecule has 4 aromatic rings. The van der Waals surface area contributed by atoms with Gasteiger partial charge >= 0.3 is 0 Å². The number of nitrogens with one attached hydrogen (secondary N) is 2. The summed E-state index contributed by atoms with van der Waals surface area (Å²) in [4.78, 5) is 22.3. The number of aromatic nitrogens is 2. The van der Waals surface area contributed by atoms with E-state index < -0.39 is 0 Å². The molecule has 222 valence electrons. The van der Waals surface area contributed by atoms with Crippen LogP contribution in [0.1, 0.15) is 46.7 Å². The van der Waals surface area contributed by atoms with Gasteiger partial charge in [0.25, 0.3) is 0 Å². The minimum atomic E-state index is -0.147. The Hall–Kier alpha value is -4.21. The molecule has 2 fully saturated rings. The van der Waals surface area contributed by atoms with E-state index in [1.54, 1.807) is 0 Å². The van der Waals surface area contributed by atoms with Crippen molar-refractivity contribution in [3.63, 3.8) is 0 Å². The van der Waals surface area contributed by atoms with Crippen molar-refractivity contribution in [2.24, 2.45) is 0 Å². The summed E-state index contributed by atoms with van der Waals surface area (Å²) in [6.45, 7) is 10.1. The van der Waals surface area contributed by atoms with Crippen molar-refractivity contribution < 1.29 is 9.53 Å². The number of hydrogen-bond donors (Lipinski definition) is 2. The number of ether oxygens (including phenoxy) is 1. The molecule has 2 aliphatic rings. The molecule has 0 saturated carbocycles. The van der Waals surface area contributed by atoms with E-state index >= 15 is 0 Å². The van der Waals surface area contributed by atoms with Crippen LogP contribution >= 0.6 is 12.2 Å². The van der Waals surface area contributed by atoms with Crippen LogP contribution in [0.2, 0.25) is 0 Å². The highest BCUT2D eigenvalue weighted by molar-refractivity contribution is 7.80. The number of thiocarbonyl (C=S) groups is 1. The van der Waals surface area contributed by atoms with E-state index in [2.05, 4.69) is 74.2 Å². The second-order valence-electron chi connectivity index (χ2n) is 11.2. The van der Waals surface area contributed by atoms with Crippen LogP contribution in [0.25, 0.3) is 5.69 Å². The molecule has 4 heterocycles. The third-order valence-electron chi connectivity index (χ3n) is 8.47. The van der Waals surface area contributed by atoms with Crippen molar-refractivity contribution in [2.45, 2.75) is 39.3 Å². The quantitative estimate of drug-likeness (QED) is 0.256. The highest BCUT2D eigenvalue weighted by atomic mass is 32.1. The van der Waals surface area contributed by atoms with E-state index in [9.17, 15) is 4.79 Å². The predicted molar refractivity (Wildman–Crippen MR) is 175 cm³/mol. The van der Waals surface area contributed by atoms with Crippen molar-refractivity contribution in [3.8, 4) is 5.69 Å². The summed E-state index contributed by atoms with van der Waals surface area (Å²) >= 11 is 5.88. The number of anilines is 2. The van der Waals surface area contributed by atoms with Gasteiger partial charge < -0.3 is 29.7 Å². The maximum Gasteiger partial charge on any atom is 0.226 e. The summed E-state index contributed by atoms with van der Waals surface area (Å²) in [6, 6.07) is 24.5. The average molecular weight is 595 g/mol. The van der Waals surface area contributed by atoms with Crippen molar-refractivity contribution in [2.75, 3.05) is 43.1 Å². The molecule has 43 heavy (non-hydrogen) atoms. The Balaban J connectivity index is 1.29. The molecule has 2 N–H and O–H groups in total. The molecular formula is C34H38N6O2S. The van der Waals surface area contributed by atoms with Gasteiger partial charge in [0, 0.05) is 60.7 Å². The average Bonchev–Trinajstić information content (AvgIpc) is 3.52. The summed E-state index contributed by atoms with van der Waals surface area (Å²) < 4.78 is 7.83. The fraction of sp³-hybridized carbons (Fsp3) is 0.324. The van der Waals surface area contributed by atoms with Gasteiger partial charge in [0.2, 0.25) is 5.91 Å². The van der Waals surface area contributed by atoms with Crippen LogP contribution in [0, 0.1) is 20.8 Å². The Morgan fingerprint density at radius 1 is 1.00 bits per heavy atom. The number of pyridine rings is 1. The third kappa shape index (κ3) is 6.00. The summed E-state index contributed by atoms with van der Waals surface area (Å²) in [5.41, 5.74) is 8.56. The first-order chi connectivity index (χ1) is 20.9. The van der Waals surface area contributed by atoms with Gasteiger partial charge in [0.05, 0.1) is 31.0 Å². The molecule has 8 nitrogen and oxygen atoms in total. The molecule has 2 aromatic heterocycles. The van der Waals surface area contributed by atoms with E-state index in [4.69, 9.17) is 17.0 Å². The van der Waals surface area contributed by atoms with E-state index in [0.29, 0.717) is 18.1 Å². The zero-order valence-electron chi connectivity index (χ0n) is 24.9. The monoisotopic (exact) mass is 594 g/mol. The molecule has 6 rings (SSSR count). The van der Waals surface area contributed by atoms with Gasteiger partial charge in [0.1, 0.15) is 0 Å². The van der Waals surface area contributed by atoms with Gasteiger partial charge in [-0.1, -0.05) is 24.3 Å². The lowest BCUT2D eigenvalue weighted by Crippen LogP contribution is -2.36. The van der Waals surface area contributed by atoms with E-state index in [0.717, 1.165) is 65.9 Å². The largest absolute Gasteiger partial charge is 0.378 e. The predicted octanol–water partition coefficient (Wildman–Crippen LogP) is 5.64. The standard InChI is InChI=1S/C34H38N6O2S/c1-23-8-4-5-9-29(23)36-31(41)15-17-39-33(32(37-34(39)43)30-10-6-7-16-35-30)28-22-24(2)40(25(28)3)27-13-11-26(12-14-27)38-18-20-42-21-19-38/h4-14,16,22,32-33H,15,17-21H2,1-3H3,(H,36,41)(H,37,43)/t32-,33-/m0/s1. The number of para-hydroxylation sites is 1. The van der Waals surface area contributed by atoms with Crippen LogP contribution in [0.4, 0.5) is 11.4 Å². The van der Waals surface area contributed by atoms with Crippen molar-refractivity contribution in [3.05, 3.63) is 107 Å². The first-order valence-corrected chi connectivity index (χ1v) is 15.3. The molecule has 0 bridgehead atoms. The van der Waals surface area contributed by atoms with Crippen molar-refractivity contribution in [1.82, 2.24) is 19.8 Å². The Kier molecular flexibility index (Phi) is 8.44. The number of amides is 1. The van der Waals surface area contributed by atoms with Crippen LogP contribution in [0.15, 0.2) is 79.0 Å². The smallest absolute Gasteiger partial charge is 0.226 e. The number of nitrogens with zero attached hydrogens (tertiary/aromatic N) is 4. The second-order valence-corrected chi connectivity index (χ2v) is 11.6. The molecule has 9 heteroatoms. The number of morpholine rings is 1. The lowest BCUT2D eigenvalue weighted by Gasteiger charge is -2.29. The van der Waals surface area contributed by atoms with Gasteiger partial charge in [0.15, 0.2) is 5.11 Å². The van der Waals surface area contributed by atoms with Gasteiger partial charge in [-0.2, -0.15) is 0 Å². The lowest BCUT2D eigenvalue weighted by molar-refractivity contribution is -0.116. The number of rotatable bonds is 8. The molecule has 0 radical (unpaired) electrons. The minimum Gasteiger partial charge on any atom is -0.378 e. The van der Waals surface area contributed by atoms with E-state index in [1.165, 1.54) is 5.69 Å². The molecule has 2 atom stereocenters. The Bertz CT molecular complexity index is 1600. The topological polar surface area (TPSA) is 74.7 Å². The Labute approximate surface area is 258 Å². The maximum absolute atomic E-state index is 13.0. The first-order valence-electron chi connectivity index (χ1n) is 14.9. The zero-order chi connectivity index (χ0) is 29.9. The molecule has 2 saturated heterocycles. The van der Waals surface area contributed by atoms with Crippen LogP contribution in [-0.2, 0) is 9.53 Å². The van der Waals surface area contributed by atoms with Gasteiger partial charge in [-0.3, -0.25) is 9.78 Å². The Morgan fingerprint density at radius 3 is 2.44 bits per heavy atom. The molecule has 0 spiro atoms. The maximum atomic E-state index is 13.0. The fourth-order valence-corrected chi connectivity index (χ4v) is 6.58. The van der Waals surface area contributed by atoms with E-state index in [1.807, 2.05) is 55.6 Å². The second kappa shape index (κ2) is 12.6. The SMILES string of the molecule is Cc1ccccc1NC(=O)CCN1C(=S)N[C@@H](c2ccccn2)[C@@H]1c1cc(C)n(-c2ccc(N3CCOCC3)cc2)c1C. The van der Waals surface area contributed by atoms with Crippen LogP contribution < -0.4 is 15.5 Å². The zero-order valence-corrected chi connectivity index (χ0v) is 25.7. The summed E-state index contributed by atoms with van der Waals surface area (Å²) in [7, 11) is 0. The summed E-state index contributed by atoms with van der Waals surface area (Å²) in [6.07, 6.45) is 2.12. The molecule has 2 aromatic carbocycles. The van der Waals surface area contributed by atoms with Gasteiger partial charge in [-0.15, -0.1) is 0 Å². The fourth-order valence-electron chi connectivity index (χ4n) is 6.25. The van der Waals surface area contributed by atoms with Gasteiger partial charge in [-0.25, -0.2) is 0 Å². The molecule has 0 aliphatic carbocycles. The van der Waals surface area contributed by atoms with Crippen LogP contribution in [-0.4, -0.2) is 58.3 Å². The molecule has 1 amide bonds. The first kappa shape index (κ1) is 28.9. The minimum absolute atomic E-state index is 0.0389. The van der Waals surface area contributed by atoms with E-state index in [-0.39, 0.29) is 18.0 Å². The number of carbonyl (C=O) groups excluding carboxylic acids is 1. The number of hydrogen-bond acceptors (Lipinski definition) is 5. The van der Waals surface area contributed by atoms with Crippen molar-refractivity contribution in [1.29, 1.82) is 0 Å². The van der Waals surface area contributed by atoms with Crippen molar-refractivity contribution >= 4 is 34.6 Å². The Morgan fingerprint density at radius 2 is 1.72 bits per heavy atom. The summed E-state index contributed by atoms with van der Waals surface area (Å²) in [5, 5.41) is 7.22. The number of carbonyl (C=O) groups is 1. The molecule has 0 unspecified atom stereocenters. The number of benzene rings is 2. The van der Waals surface area contributed by atoms with Crippen LogP contribution in [0.5, 0.6) is 0 Å². The number of aryl methyl sites for hydroxylation is 2. The molecular weight excluding hydrogens is 556 g/mol. The molecule has 2 aliphatic heterocycles. The van der Waals surface area contributed by atoms with Crippen LogP contribution in [0.3, 0.4) is 0 Å². The summed E-state index contributed by atoms with van der Waals surface area (Å²) in [5.74, 6) is -0.0389. The third-order valence-corrected chi connectivity index (χ3v) is 8.82. The highest BCUT2D eigenvalue weighted by Gasteiger charge is 2.41. The van der Waals surface area contributed by atoms with Gasteiger partial charge in [-0.05, 0) is 92.6 Å². The highest BCUT2D eigenvalue weighted by Crippen LogP contribution is 2.41.